The molecule has 1 aromatic carbocycles. The first kappa shape index (κ1) is 17.2. The van der Waals surface area contributed by atoms with E-state index >= 15 is 0 Å². The summed E-state index contributed by atoms with van der Waals surface area (Å²) in [5.74, 6) is 0.875. The summed E-state index contributed by atoms with van der Waals surface area (Å²) in [6, 6.07) is 7.91. The fourth-order valence-corrected chi connectivity index (χ4v) is 1.13. The van der Waals surface area contributed by atoms with Gasteiger partial charge in [-0.1, -0.05) is 24.1 Å². The molecule has 1 aromatic rings. The van der Waals surface area contributed by atoms with Gasteiger partial charge in [0.2, 0.25) is 0 Å². The summed E-state index contributed by atoms with van der Waals surface area (Å²) in [4.78, 5) is 0. The fraction of sp³-hybridized carbons (Fsp3) is 0.455. The molecule has 0 aliphatic carbocycles. The number of rotatable bonds is 6. The monoisotopic (exact) mass is 457 g/mol. The van der Waals surface area contributed by atoms with E-state index in [0.29, 0.717) is 6.54 Å². The van der Waals surface area contributed by atoms with Crippen LogP contribution in [0.4, 0.5) is 0 Å². The van der Waals surface area contributed by atoms with Gasteiger partial charge in [0.05, 0.1) is 7.11 Å². The van der Waals surface area contributed by atoms with E-state index in [-0.39, 0.29) is 0 Å². The molecule has 0 aromatic heterocycles. The maximum absolute atomic E-state index is 6.96. The third-order valence-electron chi connectivity index (χ3n) is 1.95. The summed E-state index contributed by atoms with van der Waals surface area (Å²) in [5, 5.41) is 4.33. The molecule has 1 N–H and O–H groups in total. The average molecular weight is 458 g/mol. The average Bonchev–Trinajstić information content (AvgIpc) is 2.36. The standard InChI is InChI=1S/C11H16N2O.2ClH.Pt/c1-14-11-5-3-10(4-6-11)9-13-8-2-7-12;;;/h3-6,12H,2,7-9H2,1H3;2*1H;/q-2;;;+4/p-2. The van der Waals surface area contributed by atoms with Crippen LogP contribution in [0.2, 0.25) is 0 Å². The molecular formula is C11H16Cl2N2OPt. The molecule has 0 aliphatic rings. The zero-order valence-electron chi connectivity index (χ0n) is 9.57. The summed E-state index contributed by atoms with van der Waals surface area (Å²) in [6.07, 6.45) is 0.857. The molecule has 6 heteroatoms. The van der Waals surface area contributed by atoms with Crippen LogP contribution in [0.3, 0.4) is 0 Å². The van der Waals surface area contributed by atoms with Gasteiger partial charge in [0.25, 0.3) is 0 Å². The Bertz CT molecular complexity index is 273. The summed E-state index contributed by atoms with van der Waals surface area (Å²) >= 11 is -0.472. The second kappa shape index (κ2) is 12.7. The molecule has 0 unspecified atom stereocenters. The van der Waals surface area contributed by atoms with Gasteiger partial charge in [-0.3, -0.25) is 0 Å². The van der Waals surface area contributed by atoms with Gasteiger partial charge in [0, 0.05) is 0 Å². The minimum absolute atomic E-state index is 0.464. The molecule has 0 bridgehead atoms. The maximum atomic E-state index is 6.96. The third kappa shape index (κ3) is 9.87. The van der Waals surface area contributed by atoms with Crippen molar-refractivity contribution in [1.82, 2.24) is 0 Å². The molecule has 0 heterocycles. The van der Waals surface area contributed by atoms with Gasteiger partial charge in [-0.2, -0.15) is 13.1 Å². The van der Waals surface area contributed by atoms with E-state index < -0.39 is 16.5 Å². The van der Waals surface area contributed by atoms with Gasteiger partial charge >= 0.3 is 35.3 Å². The Morgan fingerprint density at radius 2 is 1.88 bits per heavy atom. The predicted molar refractivity (Wildman–Crippen MR) is 70.4 cm³/mol. The van der Waals surface area contributed by atoms with Crippen LogP contribution in [-0.4, -0.2) is 20.2 Å². The molecule has 0 aliphatic heterocycles. The molecule has 1 rings (SSSR count). The summed E-state index contributed by atoms with van der Waals surface area (Å²) in [5.41, 5.74) is 8.15. The molecule has 0 saturated carbocycles. The molecule has 0 saturated heterocycles. The third-order valence-corrected chi connectivity index (χ3v) is 1.95. The van der Waals surface area contributed by atoms with E-state index in [4.69, 9.17) is 29.3 Å². The quantitative estimate of drug-likeness (QED) is 0.584. The van der Waals surface area contributed by atoms with E-state index in [9.17, 15) is 0 Å². The zero-order chi connectivity index (χ0) is 12.9. The van der Waals surface area contributed by atoms with Crippen LogP contribution < -0.4 is 4.74 Å². The number of halogens is 2. The van der Waals surface area contributed by atoms with E-state index in [1.54, 1.807) is 7.11 Å². The van der Waals surface area contributed by atoms with Crippen molar-refractivity contribution in [2.45, 2.75) is 13.0 Å². The normalized spacial score (nSPS) is 9.65. The van der Waals surface area contributed by atoms with Crippen molar-refractivity contribution >= 4 is 18.8 Å². The molecule has 0 spiro atoms. The predicted octanol–water partition coefficient (Wildman–Crippen LogP) is 4.39. The molecule has 100 valence electrons. The van der Waals surface area contributed by atoms with Crippen LogP contribution >= 0.6 is 18.8 Å². The number of methoxy groups -OCH3 is 1. The first-order chi connectivity index (χ1) is 8.28. The van der Waals surface area contributed by atoms with Crippen molar-refractivity contribution in [2.75, 3.05) is 20.2 Å². The van der Waals surface area contributed by atoms with Crippen molar-refractivity contribution < 1.29 is 21.2 Å². The Morgan fingerprint density at radius 1 is 1.29 bits per heavy atom. The number of nitrogens with one attached hydrogen (secondary N) is 1. The van der Waals surface area contributed by atoms with Gasteiger partial charge in [-0.05, 0) is 12.1 Å². The number of ether oxygens (including phenoxy) is 1. The topological polar surface area (TPSA) is 47.1 Å². The molecule has 0 atom stereocenters. The Morgan fingerprint density at radius 3 is 2.35 bits per heavy atom. The summed E-state index contributed by atoms with van der Waals surface area (Å²) in [6.45, 7) is 1.99. The van der Waals surface area contributed by atoms with Gasteiger partial charge < -0.3 is 15.8 Å². The van der Waals surface area contributed by atoms with E-state index in [1.165, 1.54) is 5.56 Å². The number of hydrogen-bond donors (Lipinski definition) is 0. The Hall–Kier alpha value is 0.208. The van der Waals surface area contributed by atoms with Crippen LogP contribution in [0.15, 0.2) is 24.3 Å². The first-order valence-corrected chi connectivity index (χ1v) is 10.6. The van der Waals surface area contributed by atoms with Crippen LogP contribution in [0.25, 0.3) is 11.1 Å². The van der Waals surface area contributed by atoms with E-state index in [2.05, 4.69) is 5.32 Å². The molecule has 17 heavy (non-hydrogen) atoms. The molecular weight excluding hydrogens is 442 g/mol. The second-order valence-electron chi connectivity index (χ2n) is 3.10. The van der Waals surface area contributed by atoms with Crippen molar-refractivity contribution in [1.29, 1.82) is 0 Å². The number of hydrogen-bond acceptors (Lipinski definition) is 1. The number of benzene rings is 1. The summed E-state index contributed by atoms with van der Waals surface area (Å²) in [7, 11) is 11.4. The van der Waals surface area contributed by atoms with Crippen LogP contribution in [0.1, 0.15) is 12.0 Å². The first-order valence-electron chi connectivity index (χ1n) is 5.01. The van der Waals surface area contributed by atoms with Crippen molar-refractivity contribution in [3.05, 3.63) is 40.9 Å². The molecule has 0 radical (unpaired) electrons. The molecule has 0 fully saturated rings. The van der Waals surface area contributed by atoms with E-state index in [0.717, 1.165) is 25.3 Å². The Balaban J connectivity index is 0.000000770. The summed E-state index contributed by atoms with van der Waals surface area (Å²) < 4.78 is 5.06. The fourth-order valence-electron chi connectivity index (χ4n) is 1.13. The minimum atomic E-state index is -0.472. The van der Waals surface area contributed by atoms with Gasteiger partial charge in [0.15, 0.2) is 0 Å². The van der Waals surface area contributed by atoms with E-state index in [1.807, 2.05) is 24.3 Å². The number of nitrogens with zero attached hydrogens (tertiary/aromatic N) is 1. The van der Waals surface area contributed by atoms with Crippen LogP contribution in [0.5, 0.6) is 5.75 Å². The van der Waals surface area contributed by atoms with Crippen molar-refractivity contribution in [2.24, 2.45) is 0 Å². The van der Waals surface area contributed by atoms with Gasteiger partial charge in [-0.15, -0.1) is 6.54 Å². The Labute approximate surface area is 119 Å². The van der Waals surface area contributed by atoms with Crippen LogP contribution in [-0.2, 0) is 23.0 Å². The zero-order valence-corrected chi connectivity index (χ0v) is 13.3. The van der Waals surface area contributed by atoms with Crippen LogP contribution in [0, 0.1) is 0 Å². The Kier molecular flexibility index (Phi) is 12.8. The van der Waals surface area contributed by atoms with Gasteiger partial charge in [-0.25, -0.2) is 0 Å². The molecule has 0 amide bonds. The molecule has 3 nitrogen and oxygen atoms in total. The SMILES string of the molecule is COc1ccc(C[N-]CCC[NH-])cc1.[Cl][Pt+2][Cl]. The second-order valence-corrected chi connectivity index (χ2v) is 6.38. The van der Waals surface area contributed by atoms with Gasteiger partial charge in [0.1, 0.15) is 5.75 Å². The van der Waals surface area contributed by atoms with Crippen molar-refractivity contribution in [3.63, 3.8) is 0 Å². The van der Waals surface area contributed by atoms with Crippen molar-refractivity contribution in [3.8, 4) is 5.75 Å².